The zero-order valence-corrected chi connectivity index (χ0v) is 28.4. The Bertz CT molecular complexity index is 1690. The molecule has 0 aliphatic carbocycles. The summed E-state index contributed by atoms with van der Waals surface area (Å²) in [6.07, 6.45) is 3.52. The average Bonchev–Trinajstić information content (AvgIpc) is 3.49. The molecule has 0 unspecified atom stereocenters. The normalized spacial score (nSPS) is 16.2. The molecule has 0 spiro atoms. The van der Waals surface area contributed by atoms with E-state index in [-0.39, 0.29) is 37.7 Å². The highest BCUT2D eigenvalue weighted by Gasteiger charge is 2.33. The van der Waals surface area contributed by atoms with Crippen LogP contribution in [0.1, 0.15) is 51.1 Å². The number of carbonyl (C=O) groups excluding carboxylic acids is 6. The smallest absolute Gasteiger partial charge is 0.337 e. The minimum atomic E-state index is -0.517. The van der Waals surface area contributed by atoms with Gasteiger partial charge < -0.3 is 9.47 Å². The van der Waals surface area contributed by atoms with Gasteiger partial charge in [0.05, 0.1) is 35.2 Å². The molecule has 0 saturated carbocycles. The monoisotopic (exact) mass is 712 g/mol. The number of rotatable bonds is 11. The van der Waals surface area contributed by atoms with Crippen LogP contribution in [0.3, 0.4) is 0 Å². The second kappa shape index (κ2) is 16.4. The Labute approximate surface area is 289 Å². The molecular formula is C31H28N4O8S4. The van der Waals surface area contributed by atoms with Crippen LogP contribution in [0.25, 0.3) is 12.2 Å². The summed E-state index contributed by atoms with van der Waals surface area (Å²) in [4.78, 5) is 77.2. The number of methoxy groups -OCH3 is 2. The van der Waals surface area contributed by atoms with E-state index in [2.05, 4.69) is 20.3 Å². The van der Waals surface area contributed by atoms with E-state index < -0.39 is 23.8 Å². The highest BCUT2D eigenvalue weighted by atomic mass is 32.2. The van der Waals surface area contributed by atoms with Gasteiger partial charge in [-0.15, -0.1) is 0 Å². The van der Waals surface area contributed by atoms with Gasteiger partial charge in [0.1, 0.15) is 8.64 Å². The fraction of sp³-hybridized carbons (Fsp3) is 0.226. The summed E-state index contributed by atoms with van der Waals surface area (Å²) in [6.45, 7) is 0.227. The van der Waals surface area contributed by atoms with Crippen molar-refractivity contribution >= 4 is 104 Å². The van der Waals surface area contributed by atoms with Gasteiger partial charge in [0.25, 0.3) is 11.8 Å². The van der Waals surface area contributed by atoms with E-state index in [0.29, 0.717) is 47.1 Å². The van der Waals surface area contributed by atoms with Crippen LogP contribution in [0.2, 0.25) is 0 Å². The molecule has 16 heteroatoms. The minimum Gasteiger partial charge on any atom is -0.465 e. The topological polar surface area (TPSA) is 151 Å². The second-order valence-corrected chi connectivity index (χ2v) is 13.2. The van der Waals surface area contributed by atoms with Crippen molar-refractivity contribution in [2.24, 2.45) is 0 Å². The van der Waals surface area contributed by atoms with Crippen molar-refractivity contribution < 1.29 is 38.2 Å². The Balaban J connectivity index is 1.18. The molecule has 2 fully saturated rings. The van der Waals surface area contributed by atoms with Crippen LogP contribution in [0.4, 0.5) is 0 Å². The van der Waals surface area contributed by atoms with Gasteiger partial charge >= 0.3 is 11.9 Å². The highest BCUT2D eigenvalue weighted by molar-refractivity contribution is 8.27. The predicted molar refractivity (Wildman–Crippen MR) is 185 cm³/mol. The maximum atomic E-state index is 12.9. The molecule has 2 saturated heterocycles. The number of ether oxygens (including phenoxy) is 2. The standard InChI is InChI=1S/C31H28N4O8S4/c1-42-28(40)20-9-5-18(6-10-20)16-22-26(38)34(30(44)46-22)14-3-4-24(36)32-33-25(37)13-15-35-27(39)23(47-31(35)45)17-19-7-11-21(12-8-19)29(41)43-2/h5-12,16-17H,3-4,13-15H2,1-2H3,(H,32,36)(H,33,37). The molecule has 244 valence electrons. The lowest BCUT2D eigenvalue weighted by atomic mass is 10.1. The lowest BCUT2D eigenvalue weighted by Gasteiger charge is -2.15. The zero-order valence-electron chi connectivity index (χ0n) is 25.1. The minimum absolute atomic E-state index is 0.0163. The van der Waals surface area contributed by atoms with Crippen LogP contribution in [0.15, 0.2) is 58.3 Å². The third-order valence-corrected chi connectivity index (χ3v) is 9.45. The molecule has 0 aromatic heterocycles. The summed E-state index contributed by atoms with van der Waals surface area (Å²) in [5.41, 5.74) is 6.83. The molecular weight excluding hydrogens is 685 g/mol. The van der Waals surface area contributed by atoms with Crippen molar-refractivity contribution in [3.63, 3.8) is 0 Å². The molecule has 47 heavy (non-hydrogen) atoms. The number of amides is 4. The third-order valence-electron chi connectivity index (χ3n) is 6.70. The van der Waals surface area contributed by atoms with Gasteiger partial charge in [-0.1, -0.05) is 72.2 Å². The number of nitrogens with zero attached hydrogens (tertiary/aromatic N) is 2. The summed E-state index contributed by atoms with van der Waals surface area (Å²) >= 11 is 12.9. The molecule has 2 N–H and O–H groups in total. The number of carbonyl (C=O) groups is 6. The van der Waals surface area contributed by atoms with Crippen molar-refractivity contribution in [2.45, 2.75) is 19.3 Å². The zero-order chi connectivity index (χ0) is 34.1. The summed E-state index contributed by atoms with van der Waals surface area (Å²) in [6, 6.07) is 13.1. The van der Waals surface area contributed by atoms with Crippen LogP contribution in [-0.2, 0) is 28.7 Å². The SMILES string of the molecule is COC(=O)c1ccc(C=C2SC(=S)N(CCCC(=O)NNC(=O)CCN3C(=O)C(=Cc4ccc(C(=O)OC)cc4)SC3=S)C2=O)cc1. The van der Waals surface area contributed by atoms with Crippen molar-refractivity contribution in [1.82, 2.24) is 20.7 Å². The van der Waals surface area contributed by atoms with Gasteiger partial charge in [-0.3, -0.25) is 39.8 Å². The Morgan fingerprint density at radius 1 is 0.681 bits per heavy atom. The first-order valence-corrected chi connectivity index (χ1v) is 16.4. The molecule has 2 aromatic carbocycles. The van der Waals surface area contributed by atoms with Gasteiger partial charge in [-0.05, 0) is 54.0 Å². The molecule has 4 amide bonds. The number of hydrazine groups is 1. The van der Waals surface area contributed by atoms with Crippen molar-refractivity contribution in [1.29, 1.82) is 0 Å². The maximum absolute atomic E-state index is 12.9. The Kier molecular flexibility index (Phi) is 12.4. The van der Waals surface area contributed by atoms with Gasteiger partial charge in [-0.25, -0.2) is 9.59 Å². The molecule has 2 aromatic rings. The first kappa shape index (κ1) is 35.5. The van der Waals surface area contributed by atoms with E-state index in [1.54, 1.807) is 60.7 Å². The van der Waals surface area contributed by atoms with Gasteiger partial charge in [0, 0.05) is 25.9 Å². The summed E-state index contributed by atoms with van der Waals surface area (Å²) in [5, 5.41) is 0. The second-order valence-electron chi connectivity index (χ2n) is 9.84. The van der Waals surface area contributed by atoms with Crippen molar-refractivity contribution in [3.8, 4) is 0 Å². The molecule has 0 radical (unpaired) electrons. The number of benzene rings is 2. The first-order chi connectivity index (χ1) is 22.5. The van der Waals surface area contributed by atoms with Gasteiger partial charge in [0.15, 0.2) is 0 Å². The summed E-state index contributed by atoms with van der Waals surface area (Å²) in [5.74, 6) is -2.54. The van der Waals surface area contributed by atoms with Crippen molar-refractivity contribution in [3.05, 3.63) is 80.6 Å². The Morgan fingerprint density at radius 3 is 1.51 bits per heavy atom. The van der Waals surface area contributed by atoms with Gasteiger partial charge in [-0.2, -0.15) is 0 Å². The summed E-state index contributed by atoms with van der Waals surface area (Å²) < 4.78 is 10.0. The molecule has 2 aliphatic heterocycles. The number of thiocarbonyl (C=S) groups is 2. The van der Waals surface area contributed by atoms with Crippen LogP contribution < -0.4 is 10.9 Å². The maximum Gasteiger partial charge on any atom is 0.337 e. The number of esters is 2. The van der Waals surface area contributed by atoms with E-state index in [1.165, 1.54) is 24.0 Å². The number of hydrogen-bond acceptors (Lipinski definition) is 12. The van der Waals surface area contributed by atoms with E-state index in [4.69, 9.17) is 24.4 Å². The van der Waals surface area contributed by atoms with E-state index in [0.717, 1.165) is 23.5 Å². The molecule has 2 heterocycles. The molecule has 12 nitrogen and oxygen atoms in total. The van der Waals surface area contributed by atoms with Crippen LogP contribution in [0, 0.1) is 0 Å². The van der Waals surface area contributed by atoms with Crippen LogP contribution in [-0.4, -0.2) is 81.3 Å². The average molecular weight is 713 g/mol. The summed E-state index contributed by atoms with van der Waals surface area (Å²) in [7, 11) is 2.59. The largest absolute Gasteiger partial charge is 0.465 e. The fourth-order valence-corrected chi connectivity index (χ4v) is 6.85. The number of nitrogens with one attached hydrogen (secondary N) is 2. The van der Waals surface area contributed by atoms with E-state index in [9.17, 15) is 28.8 Å². The first-order valence-electron chi connectivity index (χ1n) is 14.0. The molecule has 4 rings (SSSR count). The molecule has 0 atom stereocenters. The lowest BCUT2D eigenvalue weighted by molar-refractivity contribution is -0.129. The number of hydrogen-bond donors (Lipinski definition) is 2. The third kappa shape index (κ3) is 9.34. The van der Waals surface area contributed by atoms with E-state index >= 15 is 0 Å². The van der Waals surface area contributed by atoms with E-state index in [1.807, 2.05) is 0 Å². The Morgan fingerprint density at radius 2 is 1.09 bits per heavy atom. The molecule has 0 bridgehead atoms. The Hall–Kier alpha value is -4.38. The van der Waals surface area contributed by atoms with Gasteiger partial charge in [0.2, 0.25) is 11.8 Å². The fourth-order valence-electron chi connectivity index (χ4n) is 4.23. The highest BCUT2D eigenvalue weighted by Crippen LogP contribution is 2.33. The molecule has 2 aliphatic rings. The van der Waals surface area contributed by atoms with Crippen LogP contribution in [0.5, 0.6) is 0 Å². The quantitative estimate of drug-likeness (QED) is 0.151. The number of thioether (sulfide) groups is 2. The lowest BCUT2D eigenvalue weighted by Crippen LogP contribution is -2.43. The van der Waals surface area contributed by atoms with Crippen molar-refractivity contribution in [2.75, 3.05) is 27.3 Å². The van der Waals surface area contributed by atoms with Crippen LogP contribution >= 0.6 is 48.0 Å². The predicted octanol–water partition coefficient (Wildman–Crippen LogP) is 3.68.